The van der Waals surface area contributed by atoms with Gasteiger partial charge in [0.15, 0.2) is 0 Å². The highest BCUT2D eigenvalue weighted by molar-refractivity contribution is 7.90. The molecule has 104 valence electrons. The van der Waals surface area contributed by atoms with E-state index in [9.17, 15) is 21.6 Å². The zero-order valence-corrected chi connectivity index (χ0v) is 10.9. The van der Waals surface area contributed by atoms with Crippen LogP contribution in [0.1, 0.15) is 13.3 Å². The Morgan fingerprint density at radius 1 is 1.35 bits per heavy atom. The van der Waals surface area contributed by atoms with Crippen molar-refractivity contribution in [2.45, 2.75) is 19.5 Å². The number of alkyl halides is 4. The maximum atomic E-state index is 12.2. The minimum absolute atomic E-state index is 0.194. The summed E-state index contributed by atoms with van der Waals surface area (Å²) in [4.78, 5) is 0. The fraction of sp³-hybridized carbons (Fsp3) is 1.00. The predicted molar refractivity (Wildman–Crippen MR) is 58.4 cm³/mol. The molecule has 0 fully saturated rings. The average molecular weight is 298 g/mol. The van der Waals surface area contributed by atoms with Crippen molar-refractivity contribution in [1.29, 1.82) is 0 Å². The molecule has 0 aromatic rings. The first-order chi connectivity index (χ1) is 7.73. The Hall–Kier alpha value is -0.0500. The van der Waals surface area contributed by atoms with Gasteiger partial charge in [-0.25, -0.2) is 8.42 Å². The van der Waals surface area contributed by atoms with E-state index in [0.29, 0.717) is 10.9 Å². The van der Waals surface area contributed by atoms with E-state index in [4.69, 9.17) is 16.3 Å². The van der Waals surface area contributed by atoms with Gasteiger partial charge in [0.05, 0.1) is 0 Å². The van der Waals surface area contributed by atoms with Gasteiger partial charge in [0, 0.05) is 19.8 Å². The first kappa shape index (κ1) is 16.9. The van der Waals surface area contributed by atoms with Crippen LogP contribution >= 0.6 is 11.6 Å². The Morgan fingerprint density at radius 2 is 1.94 bits per heavy atom. The molecule has 0 rings (SSSR count). The van der Waals surface area contributed by atoms with Gasteiger partial charge >= 0.3 is 6.18 Å². The molecule has 0 atom stereocenters. The van der Waals surface area contributed by atoms with E-state index in [2.05, 4.69) is 0 Å². The van der Waals surface area contributed by atoms with Crippen LogP contribution in [-0.2, 0) is 14.8 Å². The Morgan fingerprint density at radius 3 is 2.35 bits per heavy atom. The van der Waals surface area contributed by atoms with Crippen LogP contribution in [0.15, 0.2) is 0 Å². The van der Waals surface area contributed by atoms with Crippen LogP contribution in [0, 0.1) is 0 Å². The molecule has 0 heterocycles. The Kier molecular flexibility index (Phi) is 7.38. The van der Waals surface area contributed by atoms with Crippen LogP contribution in [0.25, 0.3) is 0 Å². The molecule has 0 aliphatic carbocycles. The molecule has 0 saturated carbocycles. The second-order valence-electron chi connectivity index (χ2n) is 3.22. The molecule has 0 aliphatic heterocycles. The van der Waals surface area contributed by atoms with E-state index in [1.807, 2.05) is 0 Å². The van der Waals surface area contributed by atoms with Gasteiger partial charge in [-0.05, 0) is 13.3 Å². The van der Waals surface area contributed by atoms with Crippen LogP contribution in [0.2, 0.25) is 0 Å². The van der Waals surface area contributed by atoms with E-state index in [0.717, 1.165) is 0 Å². The lowest BCUT2D eigenvalue weighted by Crippen LogP contribution is -2.40. The fourth-order valence-electron chi connectivity index (χ4n) is 1.07. The first-order valence-corrected chi connectivity index (χ1v) is 7.05. The quantitative estimate of drug-likeness (QED) is 0.507. The lowest BCUT2D eigenvalue weighted by atomic mass is 10.4. The molecule has 17 heavy (non-hydrogen) atoms. The summed E-state index contributed by atoms with van der Waals surface area (Å²) in [7, 11) is -4.06. The van der Waals surface area contributed by atoms with Crippen molar-refractivity contribution in [1.82, 2.24) is 4.31 Å². The lowest BCUT2D eigenvalue weighted by molar-refractivity contribution is -0.136. The summed E-state index contributed by atoms with van der Waals surface area (Å²) in [5.74, 6) is 0. The molecule has 0 aromatic heterocycles. The van der Waals surface area contributed by atoms with Crippen molar-refractivity contribution in [3.05, 3.63) is 0 Å². The zero-order chi connectivity index (χ0) is 13.5. The number of nitrogens with zero attached hydrogens (tertiary/aromatic N) is 1. The fourth-order valence-corrected chi connectivity index (χ4v) is 2.38. The summed E-state index contributed by atoms with van der Waals surface area (Å²) >= 11 is 5.13. The van der Waals surface area contributed by atoms with E-state index in [1.165, 1.54) is 0 Å². The minimum Gasteiger partial charge on any atom is -0.382 e. The van der Waals surface area contributed by atoms with Crippen molar-refractivity contribution < 1.29 is 26.3 Å². The molecule has 0 saturated heterocycles. The molecule has 0 spiro atoms. The van der Waals surface area contributed by atoms with Crippen molar-refractivity contribution in [3.63, 3.8) is 0 Å². The molecular weight excluding hydrogens is 283 g/mol. The van der Waals surface area contributed by atoms with Gasteiger partial charge in [-0.1, -0.05) is 0 Å². The first-order valence-electron chi connectivity index (χ1n) is 4.91. The van der Waals surface area contributed by atoms with E-state index >= 15 is 0 Å². The van der Waals surface area contributed by atoms with Gasteiger partial charge in [-0.2, -0.15) is 17.5 Å². The third-order valence-electron chi connectivity index (χ3n) is 1.79. The maximum absolute atomic E-state index is 12.2. The number of sulfonamides is 1. The Balaban J connectivity index is 4.43. The van der Waals surface area contributed by atoms with Gasteiger partial charge < -0.3 is 4.74 Å². The van der Waals surface area contributed by atoms with E-state index in [-0.39, 0.29) is 19.6 Å². The van der Waals surface area contributed by atoms with Gasteiger partial charge in [0.25, 0.3) is 0 Å². The molecule has 0 radical (unpaired) electrons. The van der Waals surface area contributed by atoms with Crippen LogP contribution in [0.4, 0.5) is 13.2 Å². The monoisotopic (exact) mass is 297 g/mol. The van der Waals surface area contributed by atoms with Crippen LogP contribution in [-0.4, -0.2) is 50.4 Å². The second kappa shape index (κ2) is 7.40. The van der Waals surface area contributed by atoms with E-state index < -0.39 is 28.0 Å². The summed E-state index contributed by atoms with van der Waals surface area (Å²) in [5.41, 5.74) is 0. The molecular formula is C8H15ClF3NO3S. The maximum Gasteiger partial charge on any atom is 0.402 e. The summed E-state index contributed by atoms with van der Waals surface area (Å²) < 4.78 is 64.3. The predicted octanol–water partition coefficient (Wildman–Crippen LogP) is 1.80. The second-order valence-corrected chi connectivity index (χ2v) is 5.77. The number of hydrogen-bond donors (Lipinski definition) is 0. The van der Waals surface area contributed by atoms with Crippen molar-refractivity contribution in [3.8, 4) is 0 Å². The van der Waals surface area contributed by atoms with Crippen molar-refractivity contribution >= 4 is 21.6 Å². The molecule has 0 aromatic carbocycles. The highest BCUT2D eigenvalue weighted by Gasteiger charge is 2.35. The third kappa shape index (κ3) is 7.80. The van der Waals surface area contributed by atoms with E-state index in [1.54, 1.807) is 6.92 Å². The number of rotatable bonds is 8. The molecule has 0 amide bonds. The summed E-state index contributed by atoms with van der Waals surface area (Å²) in [6.45, 7) is 0.607. The lowest BCUT2D eigenvalue weighted by Gasteiger charge is -2.22. The normalized spacial score (nSPS) is 13.3. The van der Waals surface area contributed by atoms with Gasteiger partial charge in [-0.3, -0.25) is 0 Å². The van der Waals surface area contributed by atoms with Gasteiger partial charge in [-0.15, -0.1) is 11.6 Å². The molecule has 0 aliphatic rings. The standard InChI is InChI=1S/C8H15ClF3NO3S/c1-2-16-5-3-4-13(6-8(10,11)12)17(14,15)7-9/h2-7H2,1H3. The molecule has 9 heteroatoms. The largest absolute Gasteiger partial charge is 0.402 e. The minimum atomic E-state index is -4.58. The number of hydrogen-bond acceptors (Lipinski definition) is 3. The molecule has 0 bridgehead atoms. The SMILES string of the molecule is CCOCCCN(CC(F)(F)F)S(=O)(=O)CCl. The highest BCUT2D eigenvalue weighted by Crippen LogP contribution is 2.19. The smallest absolute Gasteiger partial charge is 0.382 e. The summed E-state index contributed by atoms with van der Waals surface area (Å²) in [6, 6.07) is 0. The molecule has 4 nitrogen and oxygen atoms in total. The Labute approximate surface area is 104 Å². The Bertz CT molecular complexity index is 308. The van der Waals surface area contributed by atoms with Crippen molar-refractivity contribution in [2.24, 2.45) is 0 Å². The van der Waals surface area contributed by atoms with Crippen LogP contribution in [0.5, 0.6) is 0 Å². The molecule has 0 unspecified atom stereocenters. The summed E-state index contributed by atoms with van der Waals surface area (Å²) in [5, 5.41) is -0.863. The average Bonchev–Trinajstić information content (AvgIpc) is 2.21. The topological polar surface area (TPSA) is 46.6 Å². The number of ether oxygens (including phenoxy) is 1. The molecule has 0 N–H and O–H groups in total. The van der Waals surface area contributed by atoms with Crippen molar-refractivity contribution in [2.75, 3.05) is 31.5 Å². The van der Waals surface area contributed by atoms with Gasteiger partial charge in [0.2, 0.25) is 10.0 Å². The number of halogens is 4. The third-order valence-corrected chi connectivity index (χ3v) is 3.99. The van der Waals surface area contributed by atoms with Gasteiger partial charge in [0.1, 0.15) is 11.8 Å². The van der Waals surface area contributed by atoms with Crippen LogP contribution in [0.3, 0.4) is 0 Å². The van der Waals surface area contributed by atoms with Crippen LogP contribution < -0.4 is 0 Å². The zero-order valence-electron chi connectivity index (χ0n) is 9.33. The summed E-state index contributed by atoms with van der Waals surface area (Å²) in [6.07, 6.45) is -4.38. The highest BCUT2D eigenvalue weighted by atomic mass is 35.5.